The van der Waals surface area contributed by atoms with Crippen molar-refractivity contribution < 1.29 is 14.3 Å². The Kier molecular flexibility index (Phi) is 5.54. The van der Waals surface area contributed by atoms with Crippen LogP contribution in [-0.4, -0.2) is 23.7 Å². The molecule has 3 atom stereocenters. The molecule has 0 saturated heterocycles. The normalized spacial score (nSPS) is 29.8. The molecule has 156 valence electrons. The largest absolute Gasteiger partial charge is 0.468 e. The fourth-order valence-electron chi connectivity index (χ4n) is 6.08. The van der Waals surface area contributed by atoms with Crippen molar-refractivity contribution in [1.82, 2.24) is 5.32 Å². The van der Waals surface area contributed by atoms with E-state index in [9.17, 15) is 9.90 Å². The van der Waals surface area contributed by atoms with Crippen molar-refractivity contribution in [3.8, 4) is 0 Å². The molecule has 0 aliphatic heterocycles. The van der Waals surface area contributed by atoms with Gasteiger partial charge >= 0.3 is 0 Å². The van der Waals surface area contributed by atoms with E-state index in [1.54, 1.807) is 6.26 Å². The molecule has 5 nitrogen and oxygen atoms in total. The number of nitrogens with two attached hydrogens (primary N) is 1. The van der Waals surface area contributed by atoms with Gasteiger partial charge in [-0.1, -0.05) is 25.3 Å². The number of nitrogens with one attached hydrogen (secondary N) is 1. The number of fused-ring (bicyclic) bond motifs is 1. The molecule has 2 aromatic rings. The second-order valence-electron chi connectivity index (χ2n) is 8.85. The molecule has 0 unspecified atom stereocenters. The zero-order valence-electron chi connectivity index (χ0n) is 17.2. The lowest BCUT2D eigenvalue weighted by Gasteiger charge is -2.61. The summed E-state index contributed by atoms with van der Waals surface area (Å²) in [6.07, 6.45) is 10.3. The molecule has 1 aromatic carbocycles. The van der Waals surface area contributed by atoms with Crippen LogP contribution in [-0.2, 0) is 18.4 Å². The predicted molar refractivity (Wildman–Crippen MR) is 113 cm³/mol. The first kappa shape index (κ1) is 20.2. The van der Waals surface area contributed by atoms with Gasteiger partial charge in [-0.3, -0.25) is 4.79 Å². The van der Waals surface area contributed by atoms with Crippen LogP contribution in [0.15, 0.2) is 41.0 Å². The third-order valence-corrected chi connectivity index (χ3v) is 7.38. The van der Waals surface area contributed by atoms with Gasteiger partial charge in [0.25, 0.3) is 0 Å². The first-order chi connectivity index (χ1) is 14.0. The summed E-state index contributed by atoms with van der Waals surface area (Å²) in [4.78, 5) is 11.6. The molecular weight excluding hydrogens is 364 g/mol. The van der Waals surface area contributed by atoms with Gasteiger partial charge in [0.1, 0.15) is 5.76 Å². The summed E-state index contributed by atoms with van der Waals surface area (Å²) in [7, 11) is 1.89. The van der Waals surface area contributed by atoms with Crippen molar-refractivity contribution in [3.63, 3.8) is 0 Å². The number of amides is 1. The molecule has 1 aromatic heterocycles. The standard InChI is InChI=1S/C18H23NO2.C6H9NO/c19-16(20)13-6-5-12-10-14-4-3-8-17(15(12)11-13)7-1-2-9-18(14,17)21;1-7-5-6-3-2-4-8-6/h5-6,11,14,21H,1-4,7-10H2,(H2,19,20);2-4,7H,5H2,1H3/t14-,17+,18-;/m1./s1. The lowest BCUT2D eigenvalue weighted by atomic mass is 9.46. The zero-order valence-corrected chi connectivity index (χ0v) is 17.2. The summed E-state index contributed by atoms with van der Waals surface area (Å²) < 4.78 is 5.01. The van der Waals surface area contributed by atoms with E-state index < -0.39 is 5.60 Å². The highest BCUT2D eigenvalue weighted by molar-refractivity contribution is 5.93. The van der Waals surface area contributed by atoms with E-state index in [2.05, 4.69) is 11.4 Å². The van der Waals surface area contributed by atoms with Crippen LogP contribution < -0.4 is 11.1 Å². The number of carbonyl (C=O) groups is 1. The number of carbonyl (C=O) groups excluding carboxylic acids is 1. The van der Waals surface area contributed by atoms with E-state index >= 15 is 0 Å². The maximum absolute atomic E-state index is 11.6. The van der Waals surface area contributed by atoms with Gasteiger partial charge in [0.15, 0.2) is 0 Å². The molecule has 5 heteroatoms. The second-order valence-corrected chi connectivity index (χ2v) is 8.85. The molecule has 2 bridgehead atoms. The number of hydrogen-bond donors (Lipinski definition) is 3. The van der Waals surface area contributed by atoms with E-state index in [1.807, 2.05) is 31.3 Å². The zero-order chi connectivity index (χ0) is 20.5. The number of benzene rings is 1. The van der Waals surface area contributed by atoms with Crippen molar-refractivity contribution in [2.45, 2.75) is 68.9 Å². The SMILES string of the molecule is CNCc1ccco1.NC(=O)c1ccc2c(c1)[C@@]13CCCC[C@@]1(O)[C@H](CCC3)C2. The minimum atomic E-state index is -0.563. The molecule has 29 heavy (non-hydrogen) atoms. The van der Waals surface area contributed by atoms with Gasteiger partial charge in [-0.15, -0.1) is 0 Å². The van der Waals surface area contributed by atoms with Gasteiger partial charge < -0.3 is 20.6 Å². The van der Waals surface area contributed by atoms with Crippen LogP contribution in [0.3, 0.4) is 0 Å². The Balaban J connectivity index is 0.000000216. The van der Waals surface area contributed by atoms with Crippen LogP contribution in [0.5, 0.6) is 0 Å². The van der Waals surface area contributed by atoms with Gasteiger partial charge in [0.2, 0.25) is 5.91 Å². The molecule has 3 aliphatic rings. The molecule has 3 aliphatic carbocycles. The van der Waals surface area contributed by atoms with Crippen molar-refractivity contribution in [2.24, 2.45) is 11.7 Å². The van der Waals surface area contributed by atoms with Crippen LogP contribution in [0, 0.1) is 5.92 Å². The number of aliphatic hydroxyl groups is 1. The highest BCUT2D eigenvalue weighted by atomic mass is 16.3. The smallest absolute Gasteiger partial charge is 0.248 e. The van der Waals surface area contributed by atoms with Crippen LogP contribution in [0.4, 0.5) is 0 Å². The Morgan fingerprint density at radius 2 is 2.03 bits per heavy atom. The van der Waals surface area contributed by atoms with E-state index in [1.165, 1.54) is 24.0 Å². The van der Waals surface area contributed by atoms with Crippen LogP contribution >= 0.6 is 0 Å². The number of primary amides is 1. The average molecular weight is 397 g/mol. The highest BCUT2D eigenvalue weighted by Gasteiger charge is 2.60. The molecule has 5 rings (SSSR count). The van der Waals surface area contributed by atoms with Gasteiger partial charge in [0, 0.05) is 11.0 Å². The first-order valence-electron chi connectivity index (χ1n) is 10.8. The summed E-state index contributed by atoms with van der Waals surface area (Å²) in [6.45, 7) is 0.812. The van der Waals surface area contributed by atoms with Gasteiger partial charge in [-0.2, -0.15) is 0 Å². The summed E-state index contributed by atoms with van der Waals surface area (Å²) >= 11 is 0. The molecule has 4 N–H and O–H groups in total. The van der Waals surface area contributed by atoms with Crippen LogP contribution in [0.2, 0.25) is 0 Å². The van der Waals surface area contributed by atoms with Crippen molar-refractivity contribution in [1.29, 1.82) is 0 Å². The molecule has 1 amide bonds. The summed E-state index contributed by atoms with van der Waals surface area (Å²) in [5.41, 5.74) is 7.91. The summed E-state index contributed by atoms with van der Waals surface area (Å²) in [5.74, 6) is 0.998. The first-order valence-corrected chi connectivity index (χ1v) is 10.8. The van der Waals surface area contributed by atoms with Crippen molar-refractivity contribution in [2.75, 3.05) is 7.05 Å². The number of furan rings is 1. The van der Waals surface area contributed by atoms with E-state index in [0.29, 0.717) is 11.5 Å². The predicted octanol–water partition coefficient (Wildman–Crippen LogP) is 3.68. The highest BCUT2D eigenvalue weighted by Crippen LogP contribution is 2.60. The Hall–Kier alpha value is -2.11. The molecule has 2 saturated carbocycles. The van der Waals surface area contributed by atoms with Crippen molar-refractivity contribution >= 4 is 5.91 Å². The number of rotatable bonds is 3. The second kappa shape index (κ2) is 7.96. The Morgan fingerprint density at radius 3 is 2.76 bits per heavy atom. The molecule has 1 heterocycles. The Morgan fingerprint density at radius 1 is 1.24 bits per heavy atom. The van der Waals surface area contributed by atoms with Crippen LogP contribution in [0.25, 0.3) is 0 Å². The third kappa shape index (κ3) is 3.40. The maximum atomic E-state index is 11.6. The van der Waals surface area contributed by atoms with E-state index in [0.717, 1.165) is 50.8 Å². The quantitative estimate of drug-likeness (QED) is 0.738. The third-order valence-electron chi connectivity index (χ3n) is 7.38. The lowest BCUT2D eigenvalue weighted by molar-refractivity contribution is -0.145. The fraction of sp³-hybridized carbons (Fsp3) is 0.542. The minimum Gasteiger partial charge on any atom is -0.468 e. The average Bonchev–Trinajstić information content (AvgIpc) is 3.21. The lowest BCUT2D eigenvalue weighted by Crippen LogP contribution is -2.63. The van der Waals surface area contributed by atoms with Crippen LogP contribution in [0.1, 0.15) is 72.2 Å². The van der Waals surface area contributed by atoms with E-state index in [4.69, 9.17) is 10.2 Å². The summed E-state index contributed by atoms with van der Waals surface area (Å²) in [5, 5.41) is 14.5. The Bertz CT molecular complexity index is 859. The van der Waals surface area contributed by atoms with Gasteiger partial charge in [-0.25, -0.2) is 0 Å². The van der Waals surface area contributed by atoms with Crippen molar-refractivity contribution in [3.05, 3.63) is 59.0 Å². The Labute approximate surface area is 172 Å². The monoisotopic (exact) mass is 396 g/mol. The van der Waals surface area contributed by atoms with E-state index in [-0.39, 0.29) is 11.3 Å². The molecular formula is C24H32N2O3. The molecule has 2 fully saturated rings. The van der Waals surface area contributed by atoms with Gasteiger partial charge in [0.05, 0.1) is 18.4 Å². The molecule has 0 spiro atoms. The topological polar surface area (TPSA) is 88.5 Å². The maximum Gasteiger partial charge on any atom is 0.248 e. The summed E-state index contributed by atoms with van der Waals surface area (Å²) in [6, 6.07) is 9.73. The number of hydrogen-bond acceptors (Lipinski definition) is 4. The minimum absolute atomic E-state index is 0.132. The molecule has 0 radical (unpaired) electrons. The fourth-order valence-corrected chi connectivity index (χ4v) is 6.08. The van der Waals surface area contributed by atoms with Gasteiger partial charge in [-0.05, 0) is 80.5 Å².